The molecule has 0 saturated carbocycles. The second-order valence-corrected chi connectivity index (χ2v) is 8.91. The van der Waals surface area contributed by atoms with Crippen molar-refractivity contribution < 1.29 is 28.6 Å². The first-order valence-electron chi connectivity index (χ1n) is 12.5. The van der Waals surface area contributed by atoms with Crippen LogP contribution in [0, 0.1) is 0 Å². The Balaban J connectivity index is 2.34. The Labute approximate surface area is 232 Å². The van der Waals surface area contributed by atoms with Crippen molar-refractivity contribution in [2.75, 3.05) is 13.2 Å². The van der Waals surface area contributed by atoms with Gasteiger partial charge in [-0.3, -0.25) is 4.79 Å². The molecule has 0 spiro atoms. The van der Waals surface area contributed by atoms with E-state index in [0.29, 0.717) is 32.8 Å². The number of halogens is 1. The molecule has 0 heterocycles. The first-order valence-corrected chi connectivity index (χ1v) is 12.9. The van der Waals surface area contributed by atoms with Crippen molar-refractivity contribution in [3.8, 4) is 39.1 Å². The van der Waals surface area contributed by atoms with E-state index >= 15 is 0 Å². The lowest BCUT2D eigenvalue weighted by Gasteiger charge is -2.25. The van der Waals surface area contributed by atoms with Gasteiger partial charge in [0.05, 0.1) is 18.8 Å². The molecule has 4 rings (SSSR count). The Morgan fingerprint density at radius 2 is 1.08 bits per heavy atom. The molecule has 0 amide bonds. The van der Waals surface area contributed by atoms with Crippen molar-refractivity contribution in [3.05, 3.63) is 101 Å². The van der Waals surface area contributed by atoms with Crippen LogP contribution in [0.4, 0.5) is 0 Å². The van der Waals surface area contributed by atoms with Crippen LogP contribution in [-0.2, 0) is 14.3 Å². The molecular weight excluding hydrogens is 516 g/mol. The Bertz CT molecular complexity index is 1500. The molecule has 0 radical (unpaired) electrons. The molecule has 0 N–H and O–H groups in total. The van der Waals surface area contributed by atoms with Gasteiger partial charge in [0.25, 0.3) is 0 Å². The second-order valence-electron chi connectivity index (χ2n) is 8.48. The molecule has 0 bridgehead atoms. The van der Waals surface area contributed by atoms with Crippen molar-refractivity contribution in [3.63, 3.8) is 0 Å². The van der Waals surface area contributed by atoms with Gasteiger partial charge in [0.1, 0.15) is 5.56 Å². The van der Waals surface area contributed by atoms with Crippen LogP contribution in [0.1, 0.15) is 41.5 Å². The maximum absolute atomic E-state index is 13.8. The summed E-state index contributed by atoms with van der Waals surface area (Å²) in [5.74, 6) is -2.04. The largest absolute Gasteiger partial charge is 0.462 e. The summed E-state index contributed by atoms with van der Waals surface area (Å²) in [7, 11) is 0. The minimum atomic E-state index is -0.743. The molecule has 4 aromatic carbocycles. The van der Waals surface area contributed by atoms with E-state index in [1.807, 2.05) is 36.4 Å². The average molecular weight is 543 g/mol. The number of esters is 3. The fraction of sp³-hybridized carbons (Fsp3) is 0.156. The van der Waals surface area contributed by atoms with Gasteiger partial charge in [0.2, 0.25) is 0 Å². The van der Waals surface area contributed by atoms with E-state index in [1.54, 1.807) is 62.4 Å². The summed E-state index contributed by atoms with van der Waals surface area (Å²) in [6.07, 6.45) is 0. The summed E-state index contributed by atoms with van der Waals surface area (Å²) in [5.41, 5.74) is 2.94. The summed E-state index contributed by atoms with van der Waals surface area (Å²) in [4.78, 5) is 40.0. The molecule has 7 heteroatoms. The quantitative estimate of drug-likeness (QED) is 0.168. The first-order chi connectivity index (χ1) is 18.9. The van der Waals surface area contributed by atoms with Crippen LogP contribution in [-0.4, -0.2) is 31.1 Å². The molecule has 0 unspecified atom stereocenters. The van der Waals surface area contributed by atoms with E-state index < -0.39 is 17.9 Å². The van der Waals surface area contributed by atoms with Crippen LogP contribution in [0.15, 0.2) is 84.9 Å². The number of carbonyl (C=O) groups excluding carboxylic acids is 3. The zero-order chi connectivity index (χ0) is 27.9. The van der Waals surface area contributed by atoms with Gasteiger partial charge in [-0.2, -0.15) is 0 Å². The van der Waals surface area contributed by atoms with Crippen LogP contribution in [0.5, 0.6) is 5.75 Å². The van der Waals surface area contributed by atoms with Crippen LogP contribution < -0.4 is 4.74 Å². The zero-order valence-corrected chi connectivity index (χ0v) is 22.6. The number of rotatable bonds is 8. The Morgan fingerprint density at radius 3 is 1.56 bits per heavy atom. The lowest BCUT2D eigenvalue weighted by Crippen LogP contribution is -2.18. The SMILES string of the molecule is CCOC(=O)c1c(OC(C)=O)c(-c2ccc(Cl)cc2)c(-c2ccccc2)c(C(=O)OCC)c1-c1ccccc1. The summed E-state index contributed by atoms with van der Waals surface area (Å²) in [6.45, 7) is 4.82. The van der Waals surface area contributed by atoms with Crippen molar-refractivity contribution in [1.82, 2.24) is 0 Å². The molecule has 0 aliphatic heterocycles. The normalized spacial score (nSPS) is 10.6. The number of carbonyl (C=O) groups is 3. The van der Waals surface area contributed by atoms with Gasteiger partial charge >= 0.3 is 17.9 Å². The molecule has 0 aliphatic rings. The maximum atomic E-state index is 13.8. The topological polar surface area (TPSA) is 78.9 Å². The van der Waals surface area contributed by atoms with Gasteiger partial charge < -0.3 is 14.2 Å². The molecule has 0 fully saturated rings. The number of hydrogen-bond acceptors (Lipinski definition) is 6. The molecular formula is C32H27ClO6. The number of hydrogen-bond donors (Lipinski definition) is 0. The summed E-state index contributed by atoms with van der Waals surface area (Å²) in [5, 5.41) is 0.492. The number of ether oxygens (including phenoxy) is 3. The highest BCUT2D eigenvalue weighted by atomic mass is 35.5. The van der Waals surface area contributed by atoms with Gasteiger partial charge in [0.15, 0.2) is 5.75 Å². The fourth-order valence-corrected chi connectivity index (χ4v) is 4.58. The summed E-state index contributed by atoms with van der Waals surface area (Å²) >= 11 is 6.20. The van der Waals surface area contributed by atoms with E-state index in [0.717, 1.165) is 0 Å². The monoisotopic (exact) mass is 542 g/mol. The minimum Gasteiger partial charge on any atom is -0.462 e. The minimum absolute atomic E-state index is 0.0194. The van der Waals surface area contributed by atoms with Gasteiger partial charge in [-0.15, -0.1) is 0 Å². The standard InChI is InChI=1S/C32H27ClO6/c1-4-37-31(35)28-25(21-12-8-6-9-13-21)27(23-16-18-24(33)19-17-23)30(39-20(3)34)29(32(36)38-5-2)26(28)22-14-10-7-11-15-22/h6-19H,4-5H2,1-3H3. The van der Waals surface area contributed by atoms with Crippen LogP contribution in [0.3, 0.4) is 0 Å². The first kappa shape index (κ1) is 27.6. The van der Waals surface area contributed by atoms with E-state index in [2.05, 4.69) is 0 Å². The molecule has 0 aliphatic carbocycles. The Morgan fingerprint density at radius 1 is 0.615 bits per heavy atom. The Hall–Kier alpha value is -4.42. The predicted octanol–water partition coefficient (Wildman–Crippen LogP) is 7.62. The number of benzene rings is 4. The smallest absolute Gasteiger partial charge is 0.342 e. The van der Waals surface area contributed by atoms with Crippen molar-refractivity contribution in [1.29, 1.82) is 0 Å². The lowest BCUT2D eigenvalue weighted by atomic mass is 9.81. The average Bonchev–Trinajstić information content (AvgIpc) is 2.93. The third kappa shape index (κ3) is 5.86. The second kappa shape index (κ2) is 12.4. The van der Waals surface area contributed by atoms with E-state index in [9.17, 15) is 14.4 Å². The molecule has 4 aromatic rings. The third-order valence-electron chi connectivity index (χ3n) is 5.92. The van der Waals surface area contributed by atoms with Crippen molar-refractivity contribution >= 4 is 29.5 Å². The lowest BCUT2D eigenvalue weighted by molar-refractivity contribution is -0.131. The van der Waals surface area contributed by atoms with Crippen LogP contribution in [0.25, 0.3) is 33.4 Å². The van der Waals surface area contributed by atoms with Gasteiger partial charge in [-0.05, 0) is 42.7 Å². The predicted molar refractivity (Wildman–Crippen MR) is 151 cm³/mol. The van der Waals surface area contributed by atoms with Gasteiger partial charge in [-0.1, -0.05) is 84.4 Å². The Kier molecular flexibility index (Phi) is 8.79. The van der Waals surface area contributed by atoms with Crippen molar-refractivity contribution in [2.45, 2.75) is 20.8 Å². The molecule has 39 heavy (non-hydrogen) atoms. The van der Waals surface area contributed by atoms with E-state index in [1.165, 1.54) is 6.92 Å². The fourth-order valence-electron chi connectivity index (χ4n) is 4.46. The van der Waals surface area contributed by atoms with E-state index in [-0.39, 0.29) is 35.7 Å². The summed E-state index contributed by atoms with van der Waals surface area (Å²) < 4.78 is 16.8. The molecule has 0 saturated heterocycles. The van der Waals surface area contributed by atoms with Gasteiger partial charge in [0, 0.05) is 28.6 Å². The van der Waals surface area contributed by atoms with Crippen LogP contribution >= 0.6 is 11.6 Å². The molecule has 0 atom stereocenters. The molecule has 198 valence electrons. The zero-order valence-electron chi connectivity index (χ0n) is 21.8. The highest BCUT2D eigenvalue weighted by molar-refractivity contribution is 6.30. The highest BCUT2D eigenvalue weighted by Gasteiger charge is 2.35. The van der Waals surface area contributed by atoms with Crippen molar-refractivity contribution in [2.24, 2.45) is 0 Å². The third-order valence-corrected chi connectivity index (χ3v) is 6.17. The molecule has 6 nitrogen and oxygen atoms in total. The van der Waals surface area contributed by atoms with Crippen LogP contribution in [0.2, 0.25) is 5.02 Å². The summed E-state index contributed by atoms with van der Waals surface area (Å²) in [6, 6.07) is 25.0. The van der Waals surface area contributed by atoms with E-state index in [4.69, 9.17) is 25.8 Å². The maximum Gasteiger partial charge on any atom is 0.342 e. The molecule has 0 aromatic heterocycles. The van der Waals surface area contributed by atoms with Gasteiger partial charge in [-0.25, -0.2) is 9.59 Å². The highest BCUT2D eigenvalue weighted by Crippen LogP contribution is 2.50.